The number of ether oxygens (including phenoxy) is 1. The van der Waals surface area contributed by atoms with Gasteiger partial charge < -0.3 is 9.84 Å². The van der Waals surface area contributed by atoms with Gasteiger partial charge >= 0.3 is 5.97 Å². The number of hydrogen-bond acceptors (Lipinski definition) is 4. The van der Waals surface area contributed by atoms with Crippen molar-refractivity contribution in [2.75, 3.05) is 7.05 Å². The Morgan fingerprint density at radius 1 is 1.41 bits per heavy atom. The van der Waals surface area contributed by atoms with Crippen LogP contribution in [0.5, 0.6) is 0 Å². The number of carbonyl (C=O) groups excluding carboxylic acids is 1. The molecular weight excluding hydrogens is 218 g/mol. The van der Waals surface area contributed by atoms with Gasteiger partial charge in [-0.1, -0.05) is 6.08 Å². The van der Waals surface area contributed by atoms with Crippen LogP contribution in [-0.4, -0.2) is 47.3 Å². The van der Waals surface area contributed by atoms with Gasteiger partial charge in [-0.3, -0.25) is 4.90 Å². The molecule has 0 aliphatic carbocycles. The molecule has 2 heterocycles. The van der Waals surface area contributed by atoms with Crippen molar-refractivity contribution >= 4 is 5.97 Å². The third-order valence-electron chi connectivity index (χ3n) is 4.12. The smallest absolute Gasteiger partial charge is 0.333 e. The first kappa shape index (κ1) is 12.6. The summed E-state index contributed by atoms with van der Waals surface area (Å²) in [5, 5.41) is 9.88. The second-order valence-electron chi connectivity index (χ2n) is 5.16. The number of esters is 1. The number of fused-ring (bicyclic) bond motifs is 2. The van der Waals surface area contributed by atoms with E-state index in [0.29, 0.717) is 11.6 Å². The number of piperidine rings is 1. The summed E-state index contributed by atoms with van der Waals surface area (Å²) in [6.45, 7) is 3.60. The van der Waals surface area contributed by atoms with E-state index in [0.717, 1.165) is 19.3 Å². The monoisotopic (exact) mass is 239 g/mol. The van der Waals surface area contributed by atoms with E-state index in [1.165, 1.54) is 0 Å². The van der Waals surface area contributed by atoms with Crippen LogP contribution in [0.3, 0.4) is 0 Å². The molecule has 17 heavy (non-hydrogen) atoms. The Balaban J connectivity index is 1.96. The second kappa shape index (κ2) is 4.78. The third-order valence-corrected chi connectivity index (χ3v) is 4.12. The van der Waals surface area contributed by atoms with Gasteiger partial charge in [0, 0.05) is 30.5 Å². The maximum absolute atomic E-state index is 11.7. The Bertz CT molecular complexity index is 340. The van der Waals surface area contributed by atoms with Gasteiger partial charge in [0.2, 0.25) is 0 Å². The van der Waals surface area contributed by atoms with Gasteiger partial charge in [0.1, 0.15) is 6.10 Å². The predicted octanol–water partition coefficient (Wildman–Crippen LogP) is 1.09. The fraction of sp³-hybridized carbons (Fsp3) is 0.769. The average Bonchev–Trinajstić information content (AvgIpc) is 2.49. The van der Waals surface area contributed by atoms with Crippen LogP contribution in [0.25, 0.3) is 0 Å². The van der Waals surface area contributed by atoms with E-state index in [-0.39, 0.29) is 24.2 Å². The van der Waals surface area contributed by atoms with Crippen LogP contribution in [0, 0.1) is 0 Å². The number of rotatable bonds is 2. The zero-order valence-corrected chi connectivity index (χ0v) is 10.7. The van der Waals surface area contributed by atoms with Gasteiger partial charge in [0.25, 0.3) is 0 Å². The van der Waals surface area contributed by atoms with Crippen LogP contribution in [0.2, 0.25) is 0 Å². The molecule has 0 saturated carbocycles. The maximum Gasteiger partial charge on any atom is 0.333 e. The van der Waals surface area contributed by atoms with Crippen molar-refractivity contribution in [2.24, 2.45) is 0 Å². The molecule has 0 spiro atoms. The van der Waals surface area contributed by atoms with Gasteiger partial charge in [0.05, 0.1) is 6.10 Å². The molecule has 2 fully saturated rings. The minimum Gasteiger partial charge on any atom is -0.459 e. The lowest BCUT2D eigenvalue weighted by Gasteiger charge is -2.36. The lowest BCUT2D eigenvalue weighted by Crippen LogP contribution is -2.45. The highest BCUT2D eigenvalue weighted by atomic mass is 16.5. The van der Waals surface area contributed by atoms with E-state index in [1.54, 1.807) is 13.0 Å². The maximum atomic E-state index is 11.7. The molecule has 0 aromatic rings. The SMILES string of the molecule is C/C=C(\C)C(=O)OC1C[C@@H]2C[C@@H](O)[C@H](C1)N2C. The van der Waals surface area contributed by atoms with Crippen molar-refractivity contribution in [1.29, 1.82) is 0 Å². The number of aliphatic hydroxyl groups is 1. The highest BCUT2D eigenvalue weighted by molar-refractivity contribution is 5.87. The number of aliphatic hydroxyl groups excluding tert-OH is 1. The number of nitrogens with zero attached hydrogens (tertiary/aromatic N) is 1. The normalized spacial score (nSPS) is 38.2. The summed E-state index contributed by atoms with van der Waals surface area (Å²) in [5.41, 5.74) is 0.650. The summed E-state index contributed by atoms with van der Waals surface area (Å²) in [6, 6.07) is 0.505. The Morgan fingerprint density at radius 2 is 2.12 bits per heavy atom. The molecule has 0 radical (unpaired) electrons. The van der Waals surface area contributed by atoms with E-state index in [1.807, 2.05) is 14.0 Å². The molecule has 1 N–H and O–H groups in total. The molecule has 2 bridgehead atoms. The number of carbonyl (C=O) groups is 1. The highest BCUT2D eigenvalue weighted by Gasteiger charge is 2.45. The zero-order chi connectivity index (χ0) is 12.6. The Kier molecular flexibility index (Phi) is 3.54. The molecule has 4 atom stereocenters. The number of allylic oxidation sites excluding steroid dienone is 1. The first-order chi connectivity index (χ1) is 8.02. The predicted molar refractivity (Wildman–Crippen MR) is 64.5 cm³/mol. The molecule has 4 heteroatoms. The molecule has 2 saturated heterocycles. The van der Waals surface area contributed by atoms with E-state index in [4.69, 9.17) is 4.74 Å². The van der Waals surface area contributed by atoms with Crippen LogP contribution < -0.4 is 0 Å². The van der Waals surface area contributed by atoms with Crippen LogP contribution in [0.15, 0.2) is 11.6 Å². The van der Waals surface area contributed by atoms with Crippen molar-refractivity contribution in [2.45, 2.75) is 57.4 Å². The average molecular weight is 239 g/mol. The fourth-order valence-corrected chi connectivity index (χ4v) is 2.86. The van der Waals surface area contributed by atoms with Crippen molar-refractivity contribution in [3.8, 4) is 0 Å². The minimum atomic E-state index is -0.267. The van der Waals surface area contributed by atoms with Gasteiger partial charge in [0.15, 0.2) is 0 Å². The molecule has 4 nitrogen and oxygen atoms in total. The summed E-state index contributed by atoms with van der Waals surface area (Å²) in [7, 11) is 2.04. The van der Waals surface area contributed by atoms with Crippen molar-refractivity contribution in [3.05, 3.63) is 11.6 Å². The molecule has 2 aliphatic rings. The van der Waals surface area contributed by atoms with Gasteiger partial charge in [-0.15, -0.1) is 0 Å². The molecule has 0 aromatic heterocycles. The third kappa shape index (κ3) is 2.38. The molecule has 0 aromatic carbocycles. The second-order valence-corrected chi connectivity index (χ2v) is 5.16. The molecule has 96 valence electrons. The fourth-order valence-electron chi connectivity index (χ4n) is 2.86. The number of likely N-dealkylation sites (N-methyl/N-ethyl adjacent to an activating group) is 1. The van der Waals surface area contributed by atoms with E-state index in [2.05, 4.69) is 4.90 Å². The number of hydrogen-bond donors (Lipinski definition) is 1. The zero-order valence-electron chi connectivity index (χ0n) is 10.7. The van der Waals surface area contributed by atoms with E-state index >= 15 is 0 Å². The van der Waals surface area contributed by atoms with Crippen molar-refractivity contribution in [1.82, 2.24) is 4.90 Å². The largest absolute Gasteiger partial charge is 0.459 e. The topological polar surface area (TPSA) is 49.8 Å². The lowest BCUT2D eigenvalue weighted by molar-refractivity contribution is -0.147. The van der Waals surface area contributed by atoms with Crippen LogP contribution in [-0.2, 0) is 9.53 Å². The summed E-state index contributed by atoms with van der Waals surface area (Å²) < 4.78 is 5.48. The Labute approximate surface area is 102 Å². The van der Waals surface area contributed by atoms with E-state index < -0.39 is 0 Å². The van der Waals surface area contributed by atoms with Crippen LogP contribution in [0.4, 0.5) is 0 Å². The summed E-state index contributed by atoms with van der Waals surface area (Å²) in [4.78, 5) is 13.9. The van der Waals surface area contributed by atoms with Crippen LogP contribution in [0.1, 0.15) is 33.1 Å². The Hall–Kier alpha value is -0.870. The first-order valence-corrected chi connectivity index (χ1v) is 6.26. The quantitative estimate of drug-likeness (QED) is 0.579. The molecular formula is C13H21NO3. The standard InChI is InChI=1S/C13H21NO3/c1-4-8(2)13(16)17-10-5-9-6-12(15)11(7-10)14(9)3/h4,9-12,15H,5-7H2,1-3H3/b8-4+/t9-,10?,11+,12-/m1/s1. The van der Waals surface area contributed by atoms with Gasteiger partial charge in [-0.05, 0) is 27.3 Å². The van der Waals surface area contributed by atoms with Crippen molar-refractivity contribution in [3.63, 3.8) is 0 Å². The van der Waals surface area contributed by atoms with Crippen LogP contribution >= 0.6 is 0 Å². The van der Waals surface area contributed by atoms with Crippen molar-refractivity contribution < 1.29 is 14.6 Å². The van der Waals surface area contributed by atoms with Gasteiger partial charge in [-0.2, -0.15) is 0 Å². The van der Waals surface area contributed by atoms with Gasteiger partial charge in [-0.25, -0.2) is 4.79 Å². The Morgan fingerprint density at radius 3 is 2.71 bits per heavy atom. The minimum absolute atomic E-state index is 0.0410. The molecule has 0 amide bonds. The summed E-state index contributed by atoms with van der Waals surface area (Å²) in [6.07, 6.45) is 3.85. The summed E-state index contributed by atoms with van der Waals surface area (Å²) >= 11 is 0. The lowest BCUT2D eigenvalue weighted by atomic mass is 10.00. The first-order valence-electron chi connectivity index (χ1n) is 6.26. The van der Waals surface area contributed by atoms with E-state index in [9.17, 15) is 9.90 Å². The highest BCUT2D eigenvalue weighted by Crippen LogP contribution is 2.35. The molecule has 1 unspecified atom stereocenters. The molecule has 2 rings (SSSR count). The molecule has 2 aliphatic heterocycles. The summed E-state index contributed by atoms with van der Waals surface area (Å²) in [5.74, 6) is -0.226.